The minimum absolute atomic E-state index is 0.0271. The smallest absolute Gasteiger partial charge is 0.225 e. The number of carbonyl (C=O) groups excluding carboxylic acids is 2. The molecule has 1 fully saturated rings. The first-order chi connectivity index (χ1) is 9.99. The van der Waals surface area contributed by atoms with E-state index in [-0.39, 0.29) is 36.0 Å². The van der Waals surface area contributed by atoms with Gasteiger partial charge in [0.25, 0.3) is 0 Å². The Morgan fingerprint density at radius 3 is 2.76 bits per heavy atom. The predicted octanol–water partition coefficient (Wildman–Crippen LogP) is 1.74. The number of carbonyl (C=O) groups is 2. The van der Waals surface area contributed by atoms with E-state index in [1.54, 1.807) is 23.1 Å². The molecular formula is C16H21FN2O2. The summed E-state index contributed by atoms with van der Waals surface area (Å²) in [7, 11) is 0. The van der Waals surface area contributed by atoms with E-state index >= 15 is 0 Å². The van der Waals surface area contributed by atoms with Gasteiger partial charge in [0, 0.05) is 25.6 Å². The summed E-state index contributed by atoms with van der Waals surface area (Å²) >= 11 is 0. The molecule has 0 bridgehead atoms. The van der Waals surface area contributed by atoms with Gasteiger partial charge in [0.1, 0.15) is 5.82 Å². The summed E-state index contributed by atoms with van der Waals surface area (Å²) in [6.07, 6.45) is 0.719. The summed E-state index contributed by atoms with van der Waals surface area (Å²) in [5.41, 5.74) is 0.587. The number of nitrogens with one attached hydrogen (secondary N) is 1. The van der Waals surface area contributed by atoms with Gasteiger partial charge in [-0.3, -0.25) is 9.59 Å². The highest BCUT2D eigenvalue weighted by molar-refractivity contribution is 5.89. The number of likely N-dealkylation sites (tertiary alicyclic amines) is 1. The molecule has 1 aliphatic rings. The van der Waals surface area contributed by atoms with Crippen LogP contribution >= 0.6 is 0 Å². The molecule has 0 aromatic heterocycles. The van der Waals surface area contributed by atoms with Crippen molar-refractivity contribution in [3.05, 3.63) is 35.6 Å². The number of hydrogen-bond donors (Lipinski definition) is 1. The molecule has 0 aliphatic carbocycles. The fraction of sp³-hybridized carbons (Fsp3) is 0.500. The molecule has 1 unspecified atom stereocenters. The lowest BCUT2D eigenvalue weighted by Crippen LogP contribution is -2.36. The zero-order valence-corrected chi connectivity index (χ0v) is 12.4. The van der Waals surface area contributed by atoms with Gasteiger partial charge in [0.2, 0.25) is 11.8 Å². The van der Waals surface area contributed by atoms with Gasteiger partial charge >= 0.3 is 0 Å². The largest absolute Gasteiger partial charge is 0.355 e. The van der Waals surface area contributed by atoms with Crippen molar-refractivity contribution in [2.24, 2.45) is 5.92 Å². The molecule has 2 amide bonds. The van der Waals surface area contributed by atoms with E-state index < -0.39 is 0 Å². The van der Waals surface area contributed by atoms with E-state index in [1.165, 1.54) is 6.07 Å². The normalized spacial score (nSPS) is 18.4. The highest BCUT2D eigenvalue weighted by Crippen LogP contribution is 2.20. The number of nitrogens with zero attached hydrogens (tertiary/aromatic N) is 1. The zero-order chi connectivity index (χ0) is 15.4. The second-order valence-corrected chi connectivity index (χ2v) is 5.67. The zero-order valence-electron chi connectivity index (χ0n) is 12.4. The van der Waals surface area contributed by atoms with Crippen molar-refractivity contribution >= 4 is 11.8 Å². The van der Waals surface area contributed by atoms with Crippen LogP contribution in [0.1, 0.15) is 25.8 Å². The molecule has 1 heterocycles. The summed E-state index contributed by atoms with van der Waals surface area (Å²) in [6.45, 7) is 4.74. The summed E-state index contributed by atoms with van der Waals surface area (Å²) < 4.78 is 13.4. The van der Waals surface area contributed by atoms with E-state index in [0.717, 1.165) is 0 Å². The minimum Gasteiger partial charge on any atom is -0.355 e. The van der Waals surface area contributed by atoms with Crippen molar-refractivity contribution in [2.45, 2.75) is 32.7 Å². The standard InChI is InChI=1S/C16H21FN2O2/c1-11(2)19-10-13(9-15(19)20)16(21)18-8-7-12-5-3-4-6-14(12)17/h3-6,11,13H,7-10H2,1-2H3,(H,18,21). The second-order valence-electron chi connectivity index (χ2n) is 5.67. The lowest BCUT2D eigenvalue weighted by molar-refractivity contribution is -0.129. The van der Waals surface area contributed by atoms with Crippen molar-refractivity contribution in [2.75, 3.05) is 13.1 Å². The Labute approximate surface area is 124 Å². The van der Waals surface area contributed by atoms with Gasteiger partial charge in [-0.2, -0.15) is 0 Å². The average molecular weight is 292 g/mol. The number of amides is 2. The van der Waals surface area contributed by atoms with Crippen LogP contribution in [0.3, 0.4) is 0 Å². The van der Waals surface area contributed by atoms with Crippen molar-refractivity contribution in [1.29, 1.82) is 0 Å². The first kappa shape index (κ1) is 15.5. The van der Waals surface area contributed by atoms with Gasteiger partial charge in [0.05, 0.1) is 5.92 Å². The molecule has 2 rings (SSSR count). The molecule has 0 saturated carbocycles. The van der Waals surface area contributed by atoms with Gasteiger partial charge in [-0.25, -0.2) is 4.39 Å². The van der Waals surface area contributed by atoms with Crippen LogP contribution in [-0.4, -0.2) is 35.8 Å². The van der Waals surface area contributed by atoms with Crippen LogP contribution in [0, 0.1) is 11.7 Å². The Morgan fingerprint density at radius 1 is 1.43 bits per heavy atom. The third-order valence-corrected chi connectivity index (χ3v) is 3.80. The SMILES string of the molecule is CC(C)N1CC(C(=O)NCCc2ccccc2F)CC1=O. The topological polar surface area (TPSA) is 49.4 Å². The molecule has 1 N–H and O–H groups in total. The van der Waals surface area contributed by atoms with E-state index in [9.17, 15) is 14.0 Å². The number of hydrogen-bond acceptors (Lipinski definition) is 2. The number of benzene rings is 1. The van der Waals surface area contributed by atoms with Crippen molar-refractivity contribution < 1.29 is 14.0 Å². The molecule has 5 heteroatoms. The maximum Gasteiger partial charge on any atom is 0.225 e. The minimum atomic E-state index is -0.291. The third kappa shape index (κ3) is 3.80. The van der Waals surface area contributed by atoms with E-state index in [0.29, 0.717) is 25.1 Å². The first-order valence-corrected chi connectivity index (χ1v) is 7.29. The summed E-state index contributed by atoms with van der Waals surface area (Å²) in [4.78, 5) is 25.5. The molecule has 0 radical (unpaired) electrons. The highest BCUT2D eigenvalue weighted by atomic mass is 19.1. The monoisotopic (exact) mass is 292 g/mol. The molecule has 21 heavy (non-hydrogen) atoms. The Hall–Kier alpha value is -1.91. The maximum atomic E-state index is 13.4. The molecule has 4 nitrogen and oxygen atoms in total. The molecule has 1 aromatic rings. The number of rotatable bonds is 5. The van der Waals surface area contributed by atoms with E-state index in [2.05, 4.69) is 5.32 Å². The van der Waals surface area contributed by atoms with Crippen molar-refractivity contribution in [3.63, 3.8) is 0 Å². The maximum absolute atomic E-state index is 13.4. The molecule has 1 saturated heterocycles. The molecule has 1 atom stereocenters. The summed E-state index contributed by atoms with van der Waals surface area (Å²) in [6, 6.07) is 6.65. The molecular weight excluding hydrogens is 271 g/mol. The lowest BCUT2D eigenvalue weighted by atomic mass is 10.1. The van der Waals surface area contributed by atoms with Crippen molar-refractivity contribution in [3.8, 4) is 0 Å². The lowest BCUT2D eigenvalue weighted by Gasteiger charge is -2.20. The third-order valence-electron chi connectivity index (χ3n) is 3.80. The van der Waals surface area contributed by atoms with Crippen LogP contribution in [-0.2, 0) is 16.0 Å². The molecule has 1 aliphatic heterocycles. The van der Waals surface area contributed by atoms with E-state index in [1.807, 2.05) is 13.8 Å². The predicted molar refractivity (Wildman–Crippen MR) is 78.1 cm³/mol. The Bertz CT molecular complexity index is 531. The number of halogens is 1. The van der Waals surface area contributed by atoms with Gasteiger partial charge in [-0.05, 0) is 31.9 Å². The Kier molecular flexibility index (Phi) is 4.94. The molecule has 1 aromatic carbocycles. The van der Waals surface area contributed by atoms with E-state index in [4.69, 9.17) is 0 Å². The quantitative estimate of drug-likeness (QED) is 0.898. The summed E-state index contributed by atoms with van der Waals surface area (Å²) in [5, 5.41) is 2.80. The van der Waals surface area contributed by atoms with Crippen LogP contribution in [0.5, 0.6) is 0 Å². The Morgan fingerprint density at radius 2 is 2.14 bits per heavy atom. The fourth-order valence-electron chi connectivity index (χ4n) is 2.57. The van der Waals surface area contributed by atoms with Crippen LogP contribution in [0.15, 0.2) is 24.3 Å². The molecule has 114 valence electrons. The van der Waals surface area contributed by atoms with Crippen LogP contribution in [0.4, 0.5) is 4.39 Å². The van der Waals surface area contributed by atoms with Gasteiger partial charge in [-0.1, -0.05) is 18.2 Å². The second kappa shape index (κ2) is 6.70. The van der Waals surface area contributed by atoms with Gasteiger partial charge < -0.3 is 10.2 Å². The van der Waals surface area contributed by atoms with Gasteiger partial charge in [0.15, 0.2) is 0 Å². The van der Waals surface area contributed by atoms with Gasteiger partial charge in [-0.15, -0.1) is 0 Å². The average Bonchev–Trinajstić information content (AvgIpc) is 2.83. The fourth-order valence-corrected chi connectivity index (χ4v) is 2.57. The summed E-state index contributed by atoms with van der Waals surface area (Å²) in [5.74, 6) is -0.642. The molecule has 0 spiro atoms. The highest BCUT2D eigenvalue weighted by Gasteiger charge is 2.35. The van der Waals surface area contributed by atoms with Crippen molar-refractivity contribution in [1.82, 2.24) is 10.2 Å². The Balaban J connectivity index is 1.81. The van der Waals surface area contributed by atoms with Crippen LogP contribution in [0.2, 0.25) is 0 Å². The van der Waals surface area contributed by atoms with Crippen LogP contribution in [0.25, 0.3) is 0 Å². The first-order valence-electron chi connectivity index (χ1n) is 7.29. The van der Waals surface area contributed by atoms with Crippen LogP contribution < -0.4 is 5.32 Å².